The second-order valence-electron chi connectivity index (χ2n) is 10.4. The number of hydrogen-bond acceptors (Lipinski definition) is 9. The molecule has 38 heavy (non-hydrogen) atoms. The first-order chi connectivity index (χ1) is 18.0. The van der Waals surface area contributed by atoms with Crippen molar-refractivity contribution in [2.24, 2.45) is 0 Å². The third-order valence-corrected chi connectivity index (χ3v) is 6.58. The Bertz CT molecular complexity index is 1340. The van der Waals surface area contributed by atoms with Gasteiger partial charge in [0.25, 0.3) is 0 Å². The molecular formula is C26H33N6O5S-. The topological polar surface area (TPSA) is 150 Å². The van der Waals surface area contributed by atoms with Gasteiger partial charge in [-0.2, -0.15) is 4.98 Å². The van der Waals surface area contributed by atoms with Gasteiger partial charge in [-0.05, 0) is 88.8 Å². The zero-order chi connectivity index (χ0) is 27.4. The molecule has 1 aliphatic carbocycles. The lowest BCUT2D eigenvalue weighted by molar-refractivity contribution is 0.0492. The van der Waals surface area contributed by atoms with E-state index in [2.05, 4.69) is 25.3 Å². The van der Waals surface area contributed by atoms with E-state index in [0.29, 0.717) is 11.8 Å². The molecular weight excluding hydrogens is 508 g/mol. The molecule has 0 saturated heterocycles. The van der Waals surface area contributed by atoms with Crippen LogP contribution < -0.4 is 20.1 Å². The predicted octanol–water partition coefficient (Wildman–Crippen LogP) is 4.46. The summed E-state index contributed by atoms with van der Waals surface area (Å²) in [6, 6.07) is 7.60. The fraction of sp³-hybridized carbons (Fsp3) is 0.462. The van der Waals surface area contributed by atoms with E-state index in [9.17, 15) is 13.6 Å². The summed E-state index contributed by atoms with van der Waals surface area (Å²) in [5.41, 5.74) is 2.85. The molecule has 1 saturated carbocycles. The van der Waals surface area contributed by atoms with Crippen LogP contribution >= 0.6 is 0 Å². The normalized spacial score (nSPS) is 18.5. The number of ether oxygens (including phenoxy) is 2. The van der Waals surface area contributed by atoms with Crippen LogP contribution in [0.3, 0.4) is 0 Å². The lowest BCUT2D eigenvalue weighted by atomic mass is 9.91. The molecule has 3 N–H and O–H groups in total. The largest absolute Gasteiger partial charge is 0.755 e. The van der Waals surface area contributed by atoms with Crippen molar-refractivity contribution in [3.63, 3.8) is 0 Å². The van der Waals surface area contributed by atoms with Gasteiger partial charge in [0.2, 0.25) is 11.8 Å². The fourth-order valence-corrected chi connectivity index (χ4v) is 4.83. The monoisotopic (exact) mass is 541 g/mol. The zero-order valence-corrected chi connectivity index (χ0v) is 23.0. The molecule has 204 valence electrons. The van der Waals surface area contributed by atoms with E-state index >= 15 is 0 Å². The number of aryl methyl sites for hydroxylation is 1. The number of hydrogen-bond donors (Lipinski definition) is 3. The number of rotatable bonds is 7. The molecule has 1 atom stereocenters. The average molecular weight is 542 g/mol. The highest BCUT2D eigenvalue weighted by Crippen LogP contribution is 2.33. The summed E-state index contributed by atoms with van der Waals surface area (Å²) in [5.74, 6) is 1.04. The van der Waals surface area contributed by atoms with Gasteiger partial charge in [0.05, 0.1) is 12.6 Å². The Morgan fingerprint density at radius 3 is 2.47 bits per heavy atom. The van der Waals surface area contributed by atoms with E-state index in [1.165, 1.54) is 7.11 Å². The standard InChI is InChI=1S/C26H34N6O5S/c1-15-12-16(20-10-11-21(32-38(34)35)30-23(20)36-5)13-17-14-27-24(31-22(15)17)28-18-6-8-19(9-7-18)29-25(33)37-26(2,3)4/h10-14,18-19H,6-9H2,1-5H3,(H,29,33)(H,30,32)(H,34,35)(H,27,28,31)/p-1. The second kappa shape index (κ2) is 11.5. The highest BCUT2D eigenvalue weighted by atomic mass is 32.2. The van der Waals surface area contributed by atoms with Crippen molar-refractivity contribution in [3.8, 4) is 17.0 Å². The molecule has 12 heteroatoms. The van der Waals surface area contributed by atoms with Gasteiger partial charge in [-0.25, -0.2) is 14.8 Å². The van der Waals surface area contributed by atoms with Crippen LogP contribution in [0.4, 0.5) is 16.6 Å². The summed E-state index contributed by atoms with van der Waals surface area (Å²) in [6.45, 7) is 7.54. The maximum atomic E-state index is 12.1. The van der Waals surface area contributed by atoms with E-state index in [0.717, 1.165) is 53.3 Å². The first kappa shape index (κ1) is 27.5. The zero-order valence-electron chi connectivity index (χ0n) is 22.2. The molecule has 0 radical (unpaired) electrons. The number of fused-ring (bicyclic) bond motifs is 1. The highest BCUT2D eigenvalue weighted by Gasteiger charge is 2.25. The molecule has 2 heterocycles. The molecule has 1 aromatic carbocycles. The van der Waals surface area contributed by atoms with Crippen molar-refractivity contribution in [2.45, 2.75) is 71.1 Å². The number of methoxy groups -OCH3 is 1. The number of anilines is 2. The van der Waals surface area contributed by atoms with Gasteiger partial charge in [-0.3, -0.25) is 4.21 Å². The Morgan fingerprint density at radius 1 is 1.11 bits per heavy atom. The minimum absolute atomic E-state index is 0.0971. The molecule has 1 aliphatic rings. The number of alkyl carbamates (subject to hydrolysis) is 1. The van der Waals surface area contributed by atoms with E-state index in [4.69, 9.17) is 14.5 Å². The second-order valence-corrected chi connectivity index (χ2v) is 11.0. The average Bonchev–Trinajstić information content (AvgIpc) is 2.84. The van der Waals surface area contributed by atoms with Gasteiger partial charge in [-0.15, -0.1) is 0 Å². The number of aromatic nitrogens is 3. The Balaban J connectivity index is 1.44. The predicted molar refractivity (Wildman–Crippen MR) is 146 cm³/mol. The van der Waals surface area contributed by atoms with Gasteiger partial charge in [0.1, 0.15) is 11.4 Å². The van der Waals surface area contributed by atoms with Crippen molar-refractivity contribution >= 4 is 40.0 Å². The van der Waals surface area contributed by atoms with Crippen LogP contribution in [0.2, 0.25) is 0 Å². The Kier molecular flexibility index (Phi) is 8.32. The minimum atomic E-state index is -2.48. The lowest BCUT2D eigenvalue weighted by Gasteiger charge is -2.30. The molecule has 4 rings (SSSR count). The molecule has 0 spiro atoms. The molecule has 0 bridgehead atoms. The maximum absolute atomic E-state index is 12.1. The first-order valence-electron chi connectivity index (χ1n) is 12.5. The third-order valence-electron chi connectivity index (χ3n) is 6.21. The summed E-state index contributed by atoms with van der Waals surface area (Å²) < 4.78 is 34.9. The van der Waals surface area contributed by atoms with Crippen LogP contribution in [-0.2, 0) is 16.0 Å². The number of pyridine rings is 1. The number of nitrogens with one attached hydrogen (secondary N) is 3. The lowest BCUT2D eigenvalue weighted by Crippen LogP contribution is -2.42. The van der Waals surface area contributed by atoms with Crippen molar-refractivity contribution in [3.05, 3.63) is 36.0 Å². The van der Waals surface area contributed by atoms with Crippen LogP contribution in [0.1, 0.15) is 52.0 Å². The summed E-state index contributed by atoms with van der Waals surface area (Å²) >= 11 is -2.48. The van der Waals surface area contributed by atoms with Gasteiger partial charge in [0.15, 0.2) is 0 Å². The molecule has 11 nitrogen and oxygen atoms in total. The maximum Gasteiger partial charge on any atom is 0.407 e. The number of benzene rings is 1. The van der Waals surface area contributed by atoms with Crippen LogP contribution in [-0.4, -0.2) is 54.6 Å². The third kappa shape index (κ3) is 7.07. The van der Waals surface area contributed by atoms with E-state index in [1.54, 1.807) is 18.3 Å². The van der Waals surface area contributed by atoms with E-state index < -0.39 is 16.9 Å². The molecule has 1 unspecified atom stereocenters. The smallest absolute Gasteiger partial charge is 0.407 e. The Morgan fingerprint density at radius 2 is 1.82 bits per heavy atom. The van der Waals surface area contributed by atoms with E-state index in [-0.39, 0.29) is 24.0 Å². The number of amides is 1. The molecule has 1 amide bonds. The molecule has 0 aliphatic heterocycles. The Hall–Kier alpha value is -3.51. The summed E-state index contributed by atoms with van der Waals surface area (Å²) in [6.07, 6.45) is 4.88. The quantitative estimate of drug-likeness (QED) is 0.368. The van der Waals surface area contributed by atoms with Crippen molar-refractivity contribution in [2.75, 3.05) is 17.1 Å². The molecule has 1 fully saturated rings. The van der Waals surface area contributed by atoms with Crippen LogP contribution in [0.15, 0.2) is 30.5 Å². The van der Waals surface area contributed by atoms with Gasteiger partial charge >= 0.3 is 6.09 Å². The highest BCUT2D eigenvalue weighted by molar-refractivity contribution is 7.80. The van der Waals surface area contributed by atoms with Crippen LogP contribution in [0.25, 0.3) is 22.0 Å². The Labute approximate surface area is 224 Å². The number of carbonyl (C=O) groups is 1. The summed E-state index contributed by atoms with van der Waals surface area (Å²) in [5, 5.41) is 7.27. The van der Waals surface area contributed by atoms with Crippen LogP contribution in [0, 0.1) is 6.92 Å². The van der Waals surface area contributed by atoms with Crippen molar-refractivity contribution < 1.29 is 23.0 Å². The SMILES string of the molecule is COc1nc(NS(=O)[O-])ccc1-c1cc(C)c2nc(NC3CCC(NC(=O)OC(C)(C)C)CC3)ncc2c1. The fourth-order valence-electron chi connectivity index (χ4n) is 4.55. The van der Waals surface area contributed by atoms with Crippen molar-refractivity contribution in [1.29, 1.82) is 0 Å². The molecule has 2 aromatic heterocycles. The van der Waals surface area contributed by atoms with Gasteiger partial charge < -0.3 is 29.4 Å². The summed E-state index contributed by atoms with van der Waals surface area (Å²) in [4.78, 5) is 25.6. The van der Waals surface area contributed by atoms with Crippen molar-refractivity contribution in [1.82, 2.24) is 20.3 Å². The van der Waals surface area contributed by atoms with Gasteiger partial charge in [0, 0.05) is 40.5 Å². The molecule has 3 aromatic rings. The van der Waals surface area contributed by atoms with Crippen LogP contribution in [0.5, 0.6) is 5.88 Å². The van der Waals surface area contributed by atoms with E-state index in [1.807, 2.05) is 39.8 Å². The van der Waals surface area contributed by atoms with Gasteiger partial charge in [-0.1, -0.05) is 0 Å². The first-order valence-corrected chi connectivity index (χ1v) is 13.5. The summed E-state index contributed by atoms with van der Waals surface area (Å²) in [7, 11) is 1.49. The minimum Gasteiger partial charge on any atom is -0.755 e. The number of nitrogens with zero attached hydrogens (tertiary/aromatic N) is 3. The number of carbonyl (C=O) groups excluding carboxylic acids is 1.